The molecule has 0 bridgehead atoms. The third-order valence-electron chi connectivity index (χ3n) is 3.61. The van der Waals surface area contributed by atoms with Crippen molar-refractivity contribution in [1.82, 2.24) is 5.32 Å². The standard InChI is InChI=1S/C19H29NO2/c1-4-10-17(19(2,3)22)18(21)15-20-14-9-8-13-16-11-6-5-7-12-16/h4-7,10-12,18,20-22H,1,8-9,13-15H2,2-3H3/b17-10-. The molecule has 3 heteroatoms. The Hall–Kier alpha value is -1.42. The first kappa shape index (κ1) is 18.6. The zero-order valence-electron chi connectivity index (χ0n) is 13.8. The summed E-state index contributed by atoms with van der Waals surface area (Å²) in [5.41, 5.74) is 0.905. The Morgan fingerprint density at radius 3 is 2.55 bits per heavy atom. The average Bonchev–Trinajstić information content (AvgIpc) is 2.48. The topological polar surface area (TPSA) is 52.5 Å². The molecular formula is C19H29NO2. The van der Waals surface area contributed by atoms with E-state index in [0.29, 0.717) is 12.1 Å². The lowest BCUT2D eigenvalue weighted by atomic mass is 9.92. The van der Waals surface area contributed by atoms with Crippen molar-refractivity contribution in [3.05, 3.63) is 60.2 Å². The van der Waals surface area contributed by atoms with Crippen molar-refractivity contribution in [2.45, 2.75) is 44.8 Å². The van der Waals surface area contributed by atoms with Gasteiger partial charge in [-0.3, -0.25) is 0 Å². The van der Waals surface area contributed by atoms with Gasteiger partial charge in [0, 0.05) is 6.54 Å². The quantitative estimate of drug-likeness (QED) is 0.460. The molecule has 1 aromatic carbocycles. The molecule has 1 aromatic rings. The number of aliphatic hydroxyl groups is 2. The molecule has 1 atom stereocenters. The number of benzene rings is 1. The van der Waals surface area contributed by atoms with Gasteiger partial charge >= 0.3 is 0 Å². The third-order valence-corrected chi connectivity index (χ3v) is 3.61. The van der Waals surface area contributed by atoms with E-state index in [1.807, 2.05) is 6.07 Å². The van der Waals surface area contributed by atoms with Crippen LogP contribution in [0.5, 0.6) is 0 Å². The third kappa shape index (κ3) is 7.03. The predicted molar refractivity (Wildman–Crippen MR) is 92.8 cm³/mol. The van der Waals surface area contributed by atoms with E-state index in [4.69, 9.17) is 0 Å². The predicted octanol–water partition coefficient (Wildman–Crippen LogP) is 2.84. The lowest BCUT2D eigenvalue weighted by molar-refractivity contribution is 0.0803. The van der Waals surface area contributed by atoms with E-state index in [-0.39, 0.29) is 0 Å². The van der Waals surface area contributed by atoms with Crippen molar-refractivity contribution in [1.29, 1.82) is 0 Å². The minimum atomic E-state index is -1.04. The first-order chi connectivity index (χ1) is 10.4. The van der Waals surface area contributed by atoms with Gasteiger partial charge < -0.3 is 15.5 Å². The highest BCUT2D eigenvalue weighted by Gasteiger charge is 2.24. The summed E-state index contributed by atoms with van der Waals surface area (Å²) in [5.74, 6) is 0. The van der Waals surface area contributed by atoms with Gasteiger partial charge in [-0.05, 0) is 50.8 Å². The largest absolute Gasteiger partial charge is 0.387 e. The molecule has 0 aliphatic carbocycles. The normalized spacial score (nSPS) is 13.9. The van der Waals surface area contributed by atoms with Gasteiger partial charge in [0.25, 0.3) is 0 Å². The lowest BCUT2D eigenvalue weighted by Crippen LogP contribution is -2.37. The average molecular weight is 303 g/mol. The minimum Gasteiger partial charge on any atom is -0.387 e. The van der Waals surface area contributed by atoms with Gasteiger partial charge in [-0.25, -0.2) is 0 Å². The molecule has 0 spiro atoms. The van der Waals surface area contributed by atoms with Crippen LogP contribution in [0.3, 0.4) is 0 Å². The maximum atomic E-state index is 10.2. The Balaban J connectivity index is 2.23. The van der Waals surface area contributed by atoms with Crippen LogP contribution in [0.15, 0.2) is 54.6 Å². The molecule has 0 heterocycles. The van der Waals surface area contributed by atoms with Crippen molar-refractivity contribution >= 4 is 0 Å². The molecule has 1 unspecified atom stereocenters. The summed E-state index contributed by atoms with van der Waals surface area (Å²) in [5, 5.41) is 23.5. The zero-order valence-corrected chi connectivity index (χ0v) is 13.8. The van der Waals surface area contributed by atoms with Gasteiger partial charge in [0.2, 0.25) is 0 Å². The molecule has 0 amide bonds. The number of rotatable bonds is 10. The Morgan fingerprint density at radius 2 is 1.95 bits per heavy atom. The fourth-order valence-electron chi connectivity index (χ4n) is 2.42. The molecule has 1 rings (SSSR count). The molecule has 0 fully saturated rings. The number of nitrogens with one attached hydrogen (secondary N) is 1. The van der Waals surface area contributed by atoms with Crippen LogP contribution < -0.4 is 5.32 Å². The van der Waals surface area contributed by atoms with Crippen molar-refractivity contribution in [2.24, 2.45) is 0 Å². The molecule has 0 saturated heterocycles. The maximum Gasteiger partial charge on any atom is 0.0904 e. The fraction of sp³-hybridized carbons (Fsp3) is 0.474. The summed E-state index contributed by atoms with van der Waals surface area (Å²) < 4.78 is 0. The van der Waals surface area contributed by atoms with E-state index in [1.54, 1.807) is 26.0 Å². The van der Waals surface area contributed by atoms with E-state index in [0.717, 1.165) is 25.8 Å². The van der Waals surface area contributed by atoms with E-state index >= 15 is 0 Å². The van der Waals surface area contributed by atoms with Crippen molar-refractivity contribution in [3.8, 4) is 0 Å². The van der Waals surface area contributed by atoms with E-state index in [9.17, 15) is 10.2 Å². The zero-order chi connectivity index (χ0) is 16.4. The van der Waals surface area contributed by atoms with Crippen LogP contribution in [0, 0.1) is 0 Å². The molecule has 0 aromatic heterocycles. The smallest absolute Gasteiger partial charge is 0.0904 e. The number of unbranched alkanes of at least 4 members (excludes halogenated alkanes) is 1. The molecule has 3 N–H and O–H groups in total. The lowest BCUT2D eigenvalue weighted by Gasteiger charge is -2.26. The Morgan fingerprint density at radius 1 is 1.27 bits per heavy atom. The van der Waals surface area contributed by atoms with Gasteiger partial charge in [0.05, 0.1) is 11.7 Å². The van der Waals surface area contributed by atoms with Crippen molar-refractivity contribution in [2.75, 3.05) is 13.1 Å². The molecule has 0 aliphatic heterocycles. The van der Waals surface area contributed by atoms with Crippen LogP contribution in [0.1, 0.15) is 32.3 Å². The van der Waals surface area contributed by atoms with Crippen LogP contribution in [0.25, 0.3) is 0 Å². The highest BCUT2D eigenvalue weighted by atomic mass is 16.3. The highest BCUT2D eigenvalue weighted by molar-refractivity contribution is 5.23. The summed E-state index contributed by atoms with van der Waals surface area (Å²) in [6, 6.07) is 10.4. The van der Waals surface area contributed by atoms with Crippen LogP contribution in [0.4, 0.5) is 0 Å². The van der Waals surface area contributed by atoms with E-state index in [1.165, 1.54) is 5.56 Å². The Bertz CT molecular complexity index is 460. The number of hydrogen-bond acceptors (Lipinski definition) is 3. The van der Waals surface area contributed by atoms with Gasteiger partial charge in [-0.1, -0.05) is 49.1 Å². The van der Waals surface area contributed by atoms with E-state index < -0.39 is 11.7 Å². The molecular weight excluding hydrogens is 274 g/mol. The number of allylic oxidation sites excluding steroid dienone is 2. The van der Waals surface area contributed by atoms with Gasteiger partial charge in [-0.2, -0.15) is 0 Å². The monoisotopic (exact) mass is 303 g/mol. The van der Waals surface area contributed by atoms with Crippen LogP contribution in [-0.4, -0.2) is 35.0 Å². The SMILES string of the molecule is C=C/C=C(/C(O)CNCCCCc1ccccc1)C(C)(C)O. The summed E-state index contributed by atoms with van der Waals surface area (Å²) in [7, 11) is 0. The molecule has 122 valence electrons. The van der Waals surface area contributed by atoms with Crippen molar-refractivity contribution < 1.29 is 10.2 Å². The molecule has 0 aliphatic rings. The second kappa shape index (κ2) is 9.57. The van der Waals surface area contributed by atoms with Crippen LogP contribution in [-0.2, 0) is 6.42 Å². The van der Waals surface area contributed by atoms with Crippen LogP contribution in [0.2, 0.25) is 0 Å². The summed E-state index contributed by atoms with van der Waals surface area (Å²) in [6.07, 6.45) is 5.83. The number of aliphatic hydroxyl groups excluding tert-OH is 1. The molecule has 3 nitrogen and oxygen atoms in total. The highest BCUT2D eigenvalue weighted by Crippen LogP contribution is 2.19. The van der Waals surface area contributed by atoms with Gasteiger partial charge in [0.15, 0.2) is 0 Å². The fourth-order valence-corrected chi connectivity index (χ4v) is 2.42. The summed E-state index contributed by atoms with van der Waals surface area (Å²) in [4.78, 5) is 0. The van der Waals surface area contributed by atoms with Gasteiger partial charge in [0.1, 0.15) is 0 Å². The second-order valence-corrected chi connectivity index (χ2v) is 6.08. The van der Waals surface area contributed by atoms with Gasteiger partial charge in [-0.15, -0.1) is 0 Å². The maximum absolute atomic E-state index is 10.2. The Kier molecular flexibility index (Phi) is 8.10. The van der Waals surface area contributed by atoms with Crippen molar-refractivity contribution in [3.63, 3.8) is 0 Å². The number of aryl methyl sites for hydroxylation is 1. The molecule has 22 heavy (non-hydrogen) atoms. The minimum absolute atomic E-state index is 0.439. The Labute approximate surface area is 134 Å². The second-order valence-electron chi connectivity index (χ2n) is 6.08. The summed E-state index contributed by atoms with van der Waals surface area (Å²) in [6.45, 7) is 8.27. The molecule has 0 radical (unpaired) electrons. The number of hydrogen-bond donors (Lipinski definition) is 3. The first-order valence-corrected chi connectivity index (χ1v) is 7.93. The summed E-state index contributed by atoms with van der Waals surface area (Å²) >= 11 is 0. The van der Waals surface area contributed by atoms with E-state index in [2.05, 4.69) is 36.2 Å². The first-order valence-electron chi connectivity index (χ1n) is 7.93. The van der Waals surface area contributed by atoms with Crippen LogP contribution >= 0.6 is 0 Å². The molecule has 0 saturated carbocycles.